The first-order valence-corrected chi connectivity index (χ1v) is 19.3. The van der Waals surface area contributed by atoms with Crippen molar-refractivity contribution >= 4 is 46.6 Å². The number of nitrogens with zero attached hydrogens (tertiary/aromatic N) is 1. The Balaban J connectivity index is 1.49. The molecular weight excluding hydrogens is 743 g/mol. The van der Waals surface area contributed by atoms with Crippen LogP contribution in [-0.4, -0.2) is 86.6 Å². The Hall–Kier alpha value is -4.59. The standard InChI is InChI=1S/C42H55NO12S/c1-24-25(2)35-33(26(3)34(24)50-22-32(47)54-40(10,11)12)29(44)19-41(13,55-35)23-51-28-16-14-27(15-17-28)18-42(20-30(45)52-38(4,5)6)36(48)43(37(49)56-42)21-31(46)53-39(7,8)9/h14-17H,18-23H2,1-13H3. The van der Waals surface area contributed by atoms with E-state index in [0.29, 0.717) is 51.3 Å². The third-order valence-electron chi connectivity index (χ3n) is 8.75. The van der Waals surface area contributed by atoms with Gasteiger partial charge in [0, 0.05) is 5.56 Å². The van der Waals surface area contributed by atoms with Crippen molar-refractivity contribution in [2.45, 2.75) is 136 Å². The van der Waals surface area contributed by atoms with E-state index in [1.807, 2.05) is 13.8 Å². The number of amides is 2. The molecule has 4 rings (SSSR count). The highest BCUT2D eigenvalue weighted by atomic mass is 32.2. The molecule has 0 saturated carbocycles. The Kier molecular flexibility index (Phi) is 12.7. The quantitative estimate of drug-likeness (QED) is 0.157. The Morgan fingerprint density at radius 1 is 0.768 bits per heavy atom. The molecule has 2 amide bonds. The Labute approximate surface area is 333 Å². The lowest BCUT2D eigenvalue weighted by Gasteiger charge is -2.37. The molecule has 306 valence electrons. The first-order chi connectivity index (χ1) is 25.6. The van der Waals surface area contributed by atoms with Crippen LogP contribution in [0.3, 0.4) is 0 Å². The number of fused-ring (bicyclic) bond motifs is 1. The van der Waals surface area contributed by atoms with E-state index in [2.05, 4.69) is 0 Å². The van der Waals surface area contributed by atoms with Crippen molar-refractivity contribution in [2.24, 2.45) is 0 Å². The third-order valence-corrected chi connectivity index (χ3v) is 10.0. The average Bonchev–Trinajstić information content (AvgIpc) is 3.23. The minimum Gasteiger partial charge on any atom is -0.489 e. The summed E-state index contributed by atoms with van der Waals surface area (Å²) in [5.41, 5.74) is -0.289. The van der Waals surface area contributed by atoms with Gasteiger partial charge in [-0.3, -0.25) is 28.9 Å². The number of Topliss-reactive ketones (excluding diaryl/α,β-unsaturated/α-hetero) is 1. The van der Waals surface area contributed by atoms with Crippen molar-refractivity contribution < 1.29 is 57.2 Å². The number of carbonyl (C=O) groups is 6. The largest absolute Gasteiger partial charge is 0.489 e. The van der Waals surface area contributed by atoms with Crippen LogP contribution >= 0.6 is 11.8 Å². The maximum absolute atomic E-state index is 13.9. The molecule has 0 N–H and O–H groups in total. The van der Waals surface area contributed by atoms with Crippen LogP contribution in [0.1, 0.15) is 115 Å². The fourth-order valence-corrected chi connectivity index (χ4v) is 7.68. The number of hydrogen-bond acceptors (Lipinski definition) is 13. The van der Waals surface area contributed by atoms with E-state index < -0.39 is 69.2 Å². The number of rotatable bonds is 12. The summed E-state index contributed by atoms with van der Waals surface area (Å²) >= 11 is 0.696. The highest BCUT2D eigenvalue weighted by molar-refractivity contribution is 8.16. The van der Waals surface area contributed by atoms with Crippen molar-refractivity contribution in [1.29, 1.82) is 0 Å². The molecule has 2 aromatic carbocycles. The van der Waals surface area contributed by atoms with Gasteiger partial charge in [0.1, 0.15) is 57.6 Å². The molecule has 0 radical (unpaired) electrons. The van der Waals surface area contributed by atoms with Crippen molar-refractivity contribution in [3.63, 3.8) is 0 Å². The maximum Gasteiger partial charge on any atom is 0.344 e. The summed E-state index contributed by atoms with van der Waals surface area (Å²) in [5.74, 6) is -1.42. The molecule has 0 aliphatic carbocycles. The smallest absolute Gasteiger partial charge is 0.344 e. The number of imide groups is 1. The molecular formula is C42H55NO12S. The second-order valence-corrected chi connectivity index (χ2v) is 19.0. The lowest BCUT2D eigenvalue weighted by molar-refractivity contribution is -0.159. The summed E-state index contributed by atoms with van der Waals surface area (Å²) in [6.45, 7) is 21.9. The Morgan fingerprint density at radius 2 is 1.32 bits per heavy atom. The average molecular weight is 798 g/mol. The van der Waals surface area contributed by atoms with Crippen LogP contribution in [0.5, 0.6) is 17.2 Å². The van der Waals surface area contributed by atoms with Gasteiger partial charge in [0.15, 0.2) is 12.4 Å². The van der Waals surface area contributed by atoms with Gasteiger partial charge in [-0.25, -0.2) is 4.79 Å². The zero-order valence-corrected chi connectivity index (χ0v) is 35.6. The van der Waals surface area contributed by atoms with E-state index in [-0.39, 0.29) is 31.8 Å². The number of carbonyl (C=O) groups excluding carboxylic acids is 6. The minimum absolute atomic E-state index is 0.0137. The topological polar surface area (TPSA) is 161 Å². The van der Waals surface area contributed by atoms with E-state index in [4.69, 9.17) is 28.4 Å². The van der Waals surface area contributed by atoms with Crippen LogP contribution in [0.4, 0.5) is 4.79 Å². The molecule has 2 aliphatic heterocycles. The fraction of sp³-hybridized carbons (Fsp3) is 0.571. The number of benzene rings is 2. The normalized spacial score (nSPS) is 19.9. The predicted molar refractivity (Wildman–Crippen MR) is 209 cm³/mol. The summed E-state index contributed by atoms with van der Waals surface area (Å²) in [4.78, 5) is 79.6. The zero-order valence-electron chi connectivity index (χ0n) is 34.8. The van der Waals surface area contributed by atoms with Crippen LogP contribution in [0.25, 0.3) is 0 Å². The summed E-state index contributed by atoms with van der Waals surface area (Å²) < 4.78 is 33.2. The van der Waals surface area contributed by atoms with Crippen molar-refractivity contribution in [3.8, 4) is 17.2 Å². The Morgan fingerprint density at radius 3 is 1.89 bits per heavy atom. The summed E-state index contributed by atoms with van der Waals surface area (Å²) in [5, 5.41) is -0.661. The first-order valence-electron chi connectivity index (χ1n) is 18.5. The zero-order chi connectivity index (χ0) is 42.2. The van der Waals surface area contributed by atoms with Gasteiger partial charge in [0.25, 0.3) is 5.24 Å². The molecule has 2 heterocycles. The monoisotopic (exact) mass is 797 g/mol. The van der Waals surface area contributed by atoms with Crippen molar-refractivity contribution in [3.05, 3.63) is 52.1 Å². The predicted octanol–water partition coefficient (Wildman–Crippen LogP) is 7.19. The van der Waals surface area contributed by atoms with E-state index in [1.165, 1.54) is 0 Å². The number of ether oxygens (including phenoxy) is 6. The molecule has 0 spiro atoms. The van der Waals surface area contributed by atoms with Crippen LogP contribution in [0.15, 0.2) is 24.3 Å². The van der Waals surface area contributed by atoms with Crippen LogP contribution in [0, 0.1) is 20.8 Å². The molecule has 2 aliphatic rings. The highest BCUT2D eigenvalue weighted by Gasteiger charge is 2.55. The van der Waals surface area contributed by atoms with Gasteiger partial charge in [0.05, 0.1) is 18.4 Å². The minimum atomic E-state index is -1.56. The fourth-order valence-electron chi connectivity index (χ4n) is 6.47. The second-order valence-electron chi connectivity index (χ2n) is 17.6. The highest BCUT2D eigenvalue weighted by Crippen LogP contribution is 2.45. The van der Waals surface area contributed by atoms with E-state index >= 15 is 0 Å². The summed E-state index contributed by atoms with van der Waals surface area (Å²) in [6, 6.07) is 6.83. The lowest BCUT2D eigenvalue weighted by Crippen LogP contribution is -2.46. The summed E-state index contributed by atoms with van der Waals surface area (Å²) in [7, 11) is 0. The third kappa shape index (κ3) is 11.0. The number of ketones is 1. The van der Waals surface area contributed by atoms with Gasteiger partial charge in [0.2, 0.25) is 5.91 Å². The molecule has 2 unspecified atom stereocenters. The van der Waals surface area contributed by atoms with Gasteiger partial charge < -0.3 is 28.4 Å². The molecule has 0 bridgehead atoms. The molecule has 56 heavy (non-hydrogen) atoms. The van der Waals surface area contributed by atoms with Gasteiger partial charge in [-0.2, -0.15) is 0 Å². The number of thioether (sulfide) groups is 1. The van der Waals surface area contributed by atoms with Gasteiger partial charge in [-0.1, -0.05) is 12.1 Å². The van der Waals surface area contributed by atoms with Gasteiger partial charge in [-0.15, -0.1) is 0 Å². The molecule has 2 atom stereocenters. The molecule has 1 fully saturated rings. The first kappa shape index (κ1) is 44.1. The van der Waals surface area contributed by atoms with Crippen LogP contribution < -0.4 is 14.2 Å². The van der Waals surface area contributed by atoms with Gasteiger partial charge in [-0.05, 0) is 137 Å². The van der Waals surface area contributed by atoms with Crippen LogP contribution in [0.2, 0.25) is 0 Å². The second kappa shape index (κ2) is 16.1. The van der Waals surface area contributed by atoms with E-state index in [0.717, 1.165) is 10.5 Å². The number of hydrogen-bond donors (Lipinski definition) is 0. The molecule has 2 aromatic rings. The van der Waals surface area contributed by atoms with E-state index in [1.54, 1.807) is 100 Å². The van der Waals surface area contributed by atoms with Crippen molar-refractivity contribution in [2.75, 3.05) is 19.8 Å². The number of esters is 3. The molecule has 13 nitrogen and oxygen atoms in total. The van der Waals surface area contributed by atoms with Crippen molar-refractivity contribution in [1.82, 2.24) is 4.90 Å². The maximum atomic E-state index is 13.9. The molecule has 0 aromatic heterocycles. The van der Waals surface area contributed by atoms with Gasteiger partial charge >= 0.3 is 17.9 Å². The Bertz CT molecular complexity index is 1900. The lowest BCUT2D eigenvalue weighted by atomic mass is 9.86. The summed E-state index contributed by atoms with van der Waals surface area (Å²) in [6.07, 6.45) is -0.392. The molecule has 1 saturated heterocycles. The van der Waals surface area contributed by atoms with E-state index in [9.17, 15) is 28.8 Å². The SMILES string of the molecule is Cc1c(C)c2c(c(C)c1OCC(=O)OC(C)(C)C)C(=O)CC(C)(COc1ccc(CC3(CC(=O)OC(C)(C)C)SC(=O)N(CC(=O)OC(C)(C)C)C3=O)cc1)O2. The molecule has 14 heteroatoms. The van der Waals surface area contributed by atoms with Crippen LogP contribution in [-0.2, 0) is 39.8 Å².